The smallest absolute Gasteiger partial charge is 0.271 e. The van der Waals surface area contributed by atoms with Crippen LogP contribution in [0.4, 0.5) is 0 Å². The van der Waals surface area contributed by atoms with Crippen molar-refractivity contribution in [3.8, 4) is 11.8 Å². The number of hydrogen-bond acceptors (Lipinski definition) is 6. The van der Waals surface area contributed by atoms with Gasteiger partial charge in [-0.25, -0.2) is 0 Å². The number of ether oxygens (including phenoxy) is 2. The van der Waals surface area contributed by atoms with Gasteiger partial charge >= 0.3 is 0 Å². The van der Waals surface area contributed by atoms with Gasteiger partial charge in [0.25, 0.3) is 5.91 Å². The Labute approximate surface area is 197 Å². The molecule has 34 heavy (non-hydrogen) atoms. The van der Waals surface area contributed by atoms with Crippen molar-refractivity contribution < 1.29 is 23.9 Å². The molecule has 4 rings (SSSR count). The van der Waals surface area contributed by atoms with E-state index in [2.05, 4.69) is 21.7 Å². The van der Waals surface area contributed by atoms with Gasteiger partial charge in [0, 0.05) is 42.9 Å². The summed E-state index contributed by atoms with van der Waals surface area (Å²) < 4.78 is 11.1. The summed E-state index contributed by atoms with van der Waals surface area (Å²) >= 11 is 0. The summed E-state index contributed by atoms with van der Waals surface area (Å²) in [7, 11) is 1.57. The summed E-state index contributed by atoms with van der Waals surface area (Å²) in [4.78, 5) is 43.1. The van der Waals surface area contributed by atoms with Gasteiger partial charge in [-0.15, -0.1) is 0 Å². The molecule has 4 unspecified atom stereocenters. The minimum absolute atomic E-state index is 0.0992. The van der Waals surface area contributed by atoms with Crippen LogP contribution in [-0.2, 0) is 14.3 Å². The second-order valence-electron chi connectivity index (χ2n) is 8.59. The Morgan fingerprint density at radius 2 is 2.21 bits per heavy atom. The van der Waals surface area contributed by atoms with E-state index in [0.29, 0.717) is 37.4 Å². The Bertz CT molecular complexity index is 1120. The van der Waals surface area contributed by atoms with Crippen LogP contribution in [0.1, 0.15) is 36.7 Å². The number of amides is 3. The van der Waals surface area contributed by atoms with E-state index in [9.17, 15) is 19.6 Å². The lowest BCUT2D eigenvalue weighted by Crippen LogP contribution is -2.49. The second kappa shape index (κ2) is 10.1. The molecule has 2 aliphatic rings. The molecule has 0 radical (unpaired) electrons. The van der Waals surface area contributed by atoms with Crippen molar-refractivity contribution in [2.24, 2.45) is 5.92 Å². The summed E-state index contributed by atoms with van der Waals surface area (Å²) in [5.41, 5.74) is 1.09. The molecule has 2 saturated heterocycles. The van der Waals surface area contributed by atoms with Crippen LogP contribution in [0, 0.1) is 17.2 Å². The van der Waals surface area contributed by atoms with E-state index in [1.165, 1.54) is 4.90 Å². The number of methoxy groups -OCH3 is 1. The number of benzene rings is 1. The zero-order chi connectivity index (χ0) is 24.2. The van der Waals surface area contributed by atoms with Gasteiger partial charge in [0.2, 0.25) is 11.8 Å². The first-order valence-electron chi connectivity index (χ1n) is 11.5. The number of rotatable bonds is 8. The van der Waals surface area contributed by atoms with Crippen LogP contribution in [0.2, 0.25) is 0 Å². The molecule has 0 saturated carbocycles. The number of carbonyl (C=O) groups excluding carboxylic acids is 3. The average Bonchev–Trinajstić information content (AvgIpc) is 3.56. The Hall–Kier alpha value is -3.58. The number of aromatic nitrogens is 1. The van der Waals surface area contributed by atoms with E-state index in [1.54, 1.807) is 13.2 Å². The van der Waals surface area contributed by atoms with Gasteiger partial charge < -0.3 is 30.0 Å². The van der Waals surface area contributed by atoms with Gasteiger partial charge in [-0.05, 0) is 38.0 Å². The molecule has 10 heteroatoms. The maximum Gasteiger partial charge on any atom is 0.271 e. The summed E-state index contributed by atoms with van der Waals surface area (Å²) in [6.45, 7) is 3.16. The molecule has 3 amide bonds. The lowest BCUT2D eigenvalue weighted by atomic mass is 9.99. The highest BCUT2D eigenvalue weighted by molar-refractivity contribution is 6.01. The number of aromatic amines is 1. The SMILES string of the molecule is CCOC1CC(C(=O)NC(C#N)CC2CCNC2=O)N(C(=O)c2cc3c(OC)cccc3[nH]2)C1. The first-order valence-corrected chi connectivity index (χ1v) is 11.5. The molecular formula is C24H29N5O5. The Balaban J connectivity index is 1.53. The average molecular weight is 468 g/mol. The van der Waals surface area contributed by atoms with Gasteiger partial charge in [0.15, 0.2) is 0 Å². The number of H-pyrrole nitrogens is 1. The first-order chi connectivity index (χ1) is 16.4. The number of nitrogens with one attached hydrogen (secondary N) is 3. The molecule has 2 fully saturated rings. The van der Waals surface area contributed by atoms with Crippen LogP contribution >= 0.6 is 0 Å². The maximum absolute atomic E-state index is 13.5. The predicted octanol–water partition coefficient (Wildman–Crippen LogP) is 1.33. The predicted molar refractivity (Wildman–Crippen MR) is 123 cm³/mol. The van der Waals surface area contributed by atoms with Crippen molar-refractivity contribution in [3.63, 3.8) is 0 Å². The van der Waals surface area contributed by atoms with Gasteiger partial charge in [0.1, 0.15) is 23.5 Å². The number of nitriles is 1. The van der Waals surface area contributed by atoms with E-state index < -0.39 is 18.0 Å². The third kappa shape index (κ3) is 4.70. The quantitative estimate of drug-likeness (QED) is 0.536. The summed E-state index contributed by atoms with van der Waals surface area (Å²) in [5, 5.41) is 15.8. The molecule has 4 atom stereocenters. The van der Waals surface area contributed by atoms with E-state index in [0.717, 1.165) is 10.9 Å². The first kappa shape index (κ1) is 23.6. The van der Waals surface area contributed by atoms with E-state index in [4.69, 9.17) is 9.47 Å². The van der Waals surface area contributed by atoms with Gasteiger partial charge in [-0.2, -0.15) is 5.26 Å². The number of carbonyl (C=O) groups is 3. The topological polar surface area (TPSA) is 137 Å². The molecule has 10 nitrogen and oxygen atoms in total. The number of likely N-dealkylation sites (tertiary alicyclic amines) is 1. The maximum atomic E-state index is 13.5. The van der Waals surface area contributed by atoms with Crippen molar-refractivity contribution in [1.82, 2.24) is 20.5 Å². The molecule has 1 aromatic carbocycles. The lowest BCUT2D eigenvalue weighted by Gasteiger charge is -2.24. The molecule has 180 valence electrons. The van der Waals surface area contributed by atoms with Crippen LogP contribution in [0.3, 0.4) is 0 Å². The molecular weight excluding hydrogens is 438 g/mol. The minimum Gasteiger partial charge on any atom is -0.496 e. The Morgan fingerprint density at radius 1 is 1.38 bits per heavy atom. The van der Waals surface area contributed by atoms with Crippen LogP contribution in [-0.4, -0.2) is 72.6 Å². The lowest BCUT2D eigenvalue weighted by molar-refractivity contribution is -0.126. The zero-order valence-electron chi connectivity index (χ0n) is 19.3. The summed E-state index contributed by atoms with van der Waals surface area (Å²) in [5.74, 6) is -0.511. The van der Waals surface area contributed by atoms with Crippen molar-refractivity contribution in [2.75, 3.05) is 26.8 Å². The van der Waals surface area contributed by atoms with E-state index >= 15 is 0 Å². The normalized spacial score (nSPS) is 22.9. The van der Waals surface area contributed by atoms with E-state index in [1.807, 2.05) is 25.1 Å². The van der Waals surface area contributed by atoms with Gasteiger partial charge in [-0.3, -0.25) is 14.4 Å². The highest BCUT2D eigenvalue weighted by atomic mass is 16.5. The molecule has 2 aliphatic heterocycles. The Kier molecular flexibility index (Phi) is 7.03. The van der Waals surface area contributed by atoms with E-state index in [-0.39, 0.29) is 36.8 Å². The number of hydrogen-bond donors (Lipinski definition) is 3. The summed E-state index contributed by atoms with van der Waals surface area (Å²) in [6.07, 6.45) is 0.921. The molecule has 1 aromatic heterocycles. The number of fused-ring (bicyclic) bond motifs is 1. The van der Waals surface area contributed by atoms with Crippen molar-refractivity contribution in [1.29, 1.82) is 5.26 Å². The highest BCUT2D eigenvalue weighted by Crippen LogP contribution is 2.29. The largest absolute Gasteiger partial charge is 0.496 e. The second-order valence-corrected chi connectivity index (χ2v) is 8.59. The fourth-order valence-electron chi connectivity index (χ4n) is 4.77. The molecule has 3 N–H and O–H groups in total. The minimum atomic E-state index is -0.818. The van der Waals surface area contributed by atoms with Crippen molar-refractivity contribution in [2.45, 2.75) is 44.4 Å². The monoisotopic (exact) mass is 467 g/mol. The summed E-state index contributed by atoms with van der Waals surface area (Å²) in [6, 6.07) is 7.69. The van der Waals surface area contributed by atoms with Gasteiger partial charge in [-0.1, -0.05) is 6.07 Å². The fourth-order valence-corrected chi connectivity index (χ4v) is 4.77. The van der Waals surface area contributed by atoms with Crippen LogP contribution in [0.25, 0.3) is 10.9 Å². The Morgan fingerprint density at radius 3 is 2.88 bits per heavy atom. The molecule has 0 bridgehead atoms. The standard InChI is InChI=1S/C24H29N5O5/c1-3-34-16-10-20(23(31)27-15(12-25)9-14-7-8-26-22(14)30)29(13-16)24(32)19-11-17-18(28-19)5-4-6-21(17)33-2/h4-6,11,14-16,20,28H,3,7-10,13H2,1-2H3,(H,26,30)(H,27,31). The third-order valence-electron chi connectivity index (χ3n) is 6.46. The molecule has 0 spiro atoms. The molecule has 0 aliphatic carbocycles. The van der Waals surface area contributed by atoms with Crippen molar-refractivity contribution >= 4 is 28.6 Å². The van der Waals surface area contributed by atoms with Crippen LogP contribution in [0.15, 0.2) is 24.3 Å². The molecule has 2 aromatic rings. The van der Waals surface area contributed by atoms with Crippen LogP contribution in [0.5, 0.6) is 5.75 Å². The molecule has 3 heterocycles. The van der Waals surface area contributed by atoms with Crippen LogP contribution < -0.4 is 15.4 Å². The zero-order valence-corrected chi connectivity index (χ0v) is 19.3. The fraction of sp³-hybridized carbons (Fsp3) is 0.500. The third-order valence-corrected chi connectivity index (χ3v) is 6.46. The van der Waals surface area contributed by atoms with Gasteiger partial charge in [0.05, 0.1) is 19.3 Å². The van der Waals surface area contributed by atoms with Crippen molar-refractivity contribution in [3.05, 3.63) is 30.0 Å². The number of nitrogens with zero attached hydrogens (tertiary/aromatic N) is 2. The highest BCUT2D eigenvalue weighted by Gasteiger charge is 2.41.